The second kappa shape index (κ2) is 6.72. The Balaban J connectivity index is 1.76. The van der Waals surface area contributed by atoms with Crippen molar-refractivity contribution < 1.29 is 9.45 Å². The van der Waals surface area contributed by atoms with Gasteiger partial charge in [-0.25, -0.2) is 4.98 Å². The highest BCUT2D eigenvalue weighted by Gasteiger charge is 2.31. The van der Waals surface area contributed by atoms with Gasteiger partial charge in [-0.1, -0.05) is 0 Å². The van der Waals surface area contributed by atoms with Gasteiger partial charge in [-0.3, -0.25) is 10.1 Å². The molecule has 0 spiro atoms. The highest BCUT2D eigenvalue weighted by Crippen LogP contribution is 2.34. The molecule has 2 aromatic heterocycles. The van der Waals surface area contributed by atoms with Gasteiger partial charge in [-0.2, -0.15) is 10.2 Å². The number of pyridine rings is 1. The highest BCUT2D eigenvalue weighted by atomic mass is 16.6. The standard InChI is InChI=1S/C15H17N7O3/c1-20(2)15-18-14(25-19-15)10-4-7-21(8-5-10)13-12(22(23)24)11(9-16)3-6-17-13/h3,6,10H,4-5,7-8H2,1-2H3. The number of hydrogen-bond acceptors (Lipinski definition) is 9. The van der Waals surface area contributed by atoms with Crippen molar-refractivity contribution in [2.24, 2.45) is 0 Å². The summed E-state index contributed by atoms with van der Waals surface area (Å²) in [6.45, 7) is 1.13. The molecule has 0 unspecified atom stereocenters. The zero-order chi connectivity index (χ0) is 18.0. The predicted octanol–water partition coefficient (Wildman–Crippen LogP) is 1.69. The molecule has 3 heterocycles. The van der Waals surface area contributed by atoms with Crippen molar-refractivity contribution in [2.75, 3.05) is 37.0 Å². The number of nitrogens with zero attached hydrogens (tertiary/aromatic N) is 7. The second-order valence-corrected chi connectivity index (χ2v) is 5.99. The van der Waals surface area contributed by atoms with Crippen molar-refractivity contribution in [1.29, 1.82) is 5.26 Å². The van der Waals surface area contributed by atoms with Gasteiger partial charge in [0, 0.05) is 39.3 Å². The van der Waals surface area contributed by atoms with Crippen molar-refractivity contribution in [2.45, 2.75) is 18.8 Å². The van der Waals surface area contributed by atoms with E-state index in [-0.39, 0.29) is 23.0 Å². The number of nitriles is 1. The summed E-state index contributed by atoms with van der Waals surface area (Å²) in [5, 5.41) is 24.4. The van der Waals surface area contributed by atoms with Crippen LogP contribution in [0.15, 0.2) is 16.8 Å². The van der Waals surface area contributed by atoms with Crippen molar-refractivity contribution in [3.63, 3.8) is 0 Å². The molecule has 2 aromatic rings. The molecule has 130 valence electrons. The minimum absolute atomic E-state index is 0.0182. The lowest BCUT2D eigenvalue weighted by atomic mass is 9.96. The summed E-state index contributed by atoms with van der Waals surface area (Å²) in [5.74, 6) is 1.45. The predicted molar refractivity (Wildman–Crippen MR) is 88.4 cm³/mol. The maximum Gasteiger partial charge on any atom is 0.329 e. The minimum Gasteiger partial charge on any atom is -0.351 e. The maximum absolute atomic E-state index is 11.3. The summed E-state index contributed by atoms with van der Waals surface area (Å²) in [5.41, 5.74) is -0.221. The molecule has 0 aliphatic carbocycles. The third kappa shape index (κ3) is 3.21. The van der Waals surface area contributed by atoms with E-state index in [1.807, 2.05) is 25.1 Å². The molecule has 0 atom stereocenters. The lowest BCUT2D eigenvalue weighted by Gasteiger charge is -2.30. The summed E-state index contributed by atoms with van der Waals surface area (Å²) >= 11 is 0. The van der Waals surface area contributed by atoms with Crippen molar-refractivity contribution in [1.82, 2.24) is 15.1 Å². The quantitative estimate of drug-likeness (QED) is 0.602. The smallest absolute Gasteiger partial charge is 0.329 e. The van der Waals surface area contributed by atoms with Gasteiger partial charge in [0.1, 0.15) is 11.6 Å². The molecule has 1 fully saturated rings. The van der Waals surface area contributed by atoms with Crippen molar-refractivity contribution in [3.05, 3.63) is 33.8 Å². The van der Waals surface area contributed by atoms with E-state index in [0.29, 0.717) is 37.8 Å². The molecule has 1 aliphatic rings. The Morgan fingerprint density at radius 2 is 2.16 bits per heavy atom. The average molecular weight is 343 g/mol. The van der Waals surface area contributed by atoms with Gasteiger partial charge >= 0.3 is 5.69 Å². The van der Waals surface area contributed by atoms with Crippen LogP contribution in [0.2, 0.25) is 0 Å². The van der Waals surface area contributed by atoms with Crippen LogP contribution in [0, 0.1) is 21.4 Å². The Morgan fingerprint density at radius 3 is 2.72 bits per heavy atom. The van der Waals surface area contributed by atoms with Crippen LogP contribution in [0.1, 0.15) is 30.2 Å². The zero-order valence-corrected chi connectivity index (χ0v) is 13.9. The lowest BCUT2D eigenvalue weighted by molar-refractivity contribution is -0.384. The van der Waals surface area contributed by atoms with E-state index in [9.17, 15) is 10.1 Å². The number of hydrogen-bond donors (Lipinski definition) is 0. The number of nitro groups is 1. The van der Waals surface area contributed by atoms with Crippen LogP contribution in [0.5, 0.6) is 0 Å². The van der Waals surface area contributed by atoms with Crippen molar-refractivity contribution in [3.8, 4) is 6.07 Å². The van der Waals surface area contributed by atoms with Crippen LogP contribution in [0.3, 0.4) is 0 Å². The Hall–Kier alpha value is -3.22. The summed E-state index contributed by atoms with van der Waals surface area (Å²) in [6.07, 6.45) is 2.85. The monoisotopic (exact) mass is 343 g/mol. The molecule has 3 rings (SSSR count). The molecule has 0 amide bonds. The number of rotatable bonds is 4. The summed E-state index contributed by atoms with van der Waals surface area (Å²) in [4.78, 5) is 22.9. The molecular weight excluding hydrogens is 326 g/mol. The molecule has 1 saturated heterocycles. The van der Waals surface area contributed by atoms with Gasteiger partial charge in [0.05, 0.1) is 4.92 Å². The van der Waals surface area contributed by atoms with Gasteiger partial charge < -0.3 is 14.3 Å². The maximum atomic E-state index is 11.3. The first-order valence-electron chi connectivity index (χ1n) is 7.80. The van der Waals surface area contributed by atoms with Gasteiger partial charge in [0.25, 0.3) is 5.95 Å². The van der Waals surface area contributed by atoms with Gasteiger partial charge in [0.15, 0.2) is 0 Å². The Morgan fingerprint density at radius 1 is 1.44 bits per heavy atom. The molecule has 10 nitrogen and oxygen atoms in total. The fourth-order valence-electron chi connectivity index (χ4n) is 2.86. The topological polar surface area (TPSA) is 125 Å². The number of aromatic nitrogens is 3. The normalized spacial score (nSPS) is 15.0. The van der Waals surface area contributed by atoms with Crippen LogP contribution in [-0.2, 0) is 0 Å². The van der Waals surface area contributed by atoms with E-state index in [1.165, 1.54) is 12.3 Å². The summed E-state index contributed by atoms with van der Waals surface area (Å²) < 4.78 is 5.32. The number of piperidine rings is 1. The molecule has 0 N–H and O–H groups in total. The van der Waals surface area contributed by atoms with Crippen molar-refractivity contribution >= 4 is 17.5 Å². The van der Waals surface area contributed by atoms with E-state index >= 15 is 0 Å². The Bertz CT molecular complexity index is 819. The lowest BCUT2D eigenvalue weighted by Crippen LogP contribution is -2.34. The third-order valence-corrected chi connectivity index (χ3v) is 4.18. The van der Waals surface area contributed by atoms with E-state index in [0.717, 1.165) is 0 Å². The SMILES string of the molecule is CN(C)c1noc(C2CCN(c3nccc(C#N)c3[N+](=O)[O-])CC2)n1. The second-order valence-electron chi connectivity index (χ2n) is 5.99. The van der Waals surface area contributed by atoms with Crippen LogP contribution in [-0.4, -0.2) is 47.2 Å². The highest BCUT2D eigenvalue weighted by molar-refractivity contribution is 5.65. The average Bonchev–Trinajstić information content (AvgIpc) is 3.11. The zero-order valence-electron chi connectivity index (χ0n) is 13.9. The molecule has 25 heavy (non-hydrogen) atoms. The van der Waals surface area contributed by atoms with Crippen LogP contribution in [0.25, 0.3) is 0 Å². The molecule has 0 saturated carbocycles. The fourth-order valence-corrected chi connectivity index (χ4v) is 2.86. The first-order chi connectivity index (χ1) is 12.0. The van der Waals surface area contributed by atoms with Crippen LogP contribution >= 0.6 is 0 Å². The number of anilines is 2. The first kappa shape index (κ1) is 16.6. The molecule has 0 bridgehead atoms. The van der Waals surface area contributed by atoms with E-state index < -0.39 is 4.92 Å². The van der Waals surface area contributed by atoms with E-state index in [1.54, 1.807) is 4.90 Å². The summed E-state index contributed by atoms with van der Waals surface area (Å²) in [6, 6.07) is 3.21. The molecule has 10 heteroatoms. The first-order valence-corrected chi connectivity index (χ1v) is 7.80. The third-order valence-electron chi connectivity index (χ3n) is 4.18. The Labute approximate surface area is 143 Å². The minimum atomic E-state index is -0.547. The van der Waals surface area contributed by atoms with E-state index in [2.05, 4.69) is 15.1 Å². The molecular formula is C15H17N7O3. The fraction of sp³-hybridized carbons (Fsp3) is 0.467. The largest absolute Gasteiger partial charge is 0.351 e. The van der Waals surface area contributed by atoms with Gasteiger partial charge in [0.2, 0.25) is 11.7 Å². The molecule has 0 aromatic carbocycles. The van der Waals surface area contributed by atoms with E-state index in [4.69, 9.17) is 9.78 Å². The van der Waals surface area contributed by atoms with Crippen LogP contribution in [0.4, 0.5) is 17.5 Å². The van der Waals surface area contributed by atoms with Gasteiger partial charge in [-0.15, -0.1) is 0 Å². The summed E-state index contributed by atoms with van der Waals surface area (Å²) in [7, 11) is 3.68. The molecule has 1 aliphatic heterocycles. The molecule has 0 radical (unpaired) electrons. The Kier molecular flexibility index (Phi) is 4.47. The van der Waals surface area contributed by atoms with Crippen LogP contribution < -0.4 is 9.80 Å². The van der Waals surface area contributed by atoms with Gasteiger partial charge in [-0.05, 0) is 24.1 Å².